The van der Waals surface area contributed by atoms with E-state index in [4.69, 9.17) is 4.74 Å². The quantitative estimate of drug-likeness (QED) is 0.799. The summed E-state index contributed by atoms with van der Waals surface area (Å²) < 4.78 is 28.6. The van der Waals surface area contributed by atoms with Gasteiger partial charge in [0.2, 0.25) is 6.41 Å². The van der Waals surface area contributed by atoms with Gasteiger partial charge in [-0.3, -0.25) is 4.79 Å². The Morgan fingerprint density at radius 3 is 2.67 bits per heavy atom. The number of hydrogen-bond donors (Lipinski definition) is 0. The maximum absolute atomic E-state index is 11.6. The van der Waals surface area contributed by atoms with Crippen LogP contribution >= 0.6 is 0 Å². The maximum atomic E-state index is 11.6. The second-order valence-corrected chi connectivity index (χ2v) is 7.03. The van der Waals surface area contributed by atoms with Gasteiger partial charge in [0.25, 0.3) is 0 Å². The second kappa shape index (κ2) is 6.30. The van der Waals surface area contributed by atoms with Crippen molar-refractivity contribution in [1.82, 2.24) is 4.90 Å². The van der Waals surface area contributed by atoms with Crippen LogP contribution in [0.15, 0.2) is 29.2 Å². The Morgan fingerprint density at radius 1 is 1.29 bits per heavy atom. The Labute approximate surface area is 125 Å². The van der Waals surface area contributed by atoms with Crippen LogP contribution in [0, 0.1) is 0 Å². The number of nitrogens with zero attached hydrogens (tertiary/aromatic N) is 1. The molecule has 0 saturated carbocycles. The highest BCUT2D eigenvalue weighted by atomic mass is 32.2. The van der Waals surface area contributed by atoms with Gasteiger partial charge < -0.3 is 9.64 Å². The van der Waals surface area contributed by atoms with Crippen LogP contribution in [0.5, 0.6) is 5.75 Å². The van der Waals surface area contributed by atoms with Crippen LogP contribution in [-0.2, 0) is 14.6 Å². The molecule has 6 heteroatoms. The Hall–Kier alpha value is -1.82. The molecule has 1 aromatic rings. The zero-order valence-electron chi connectivity index (χ0n) is 12.2. The van der Waals surface area contributed by atoms with Crippen molar-refractivity contribution in [1.29, 1.82) is 0 Å². The highest BCUT2D eigenvalue weighted by Crippen LogP contribution is 2.32. The van der Waals surface area contributed by atoms with Crippen LogP contribution in [-0.4, -0.2) is 39.6 Å². The second-order valence-electron chi connectivity index (χ2n) is 5.02. The van der Waals surface area contributed by atoms with E-state index in [1.54, 1.807) is 17.0 Å². The third-order valence-corrected chi connectivity index (χ3v) is 4.61. The highest BCUT2D eigenvalue weighted by Gasteiger charge is 2.19. The predicted molar refractivity (Wildman–Crippen MR) is 80.7 cm³/mol. The van der Waals surface area contributed by atoms with Crippen LogP contribution in [0.1, 0.15) is 24.8 Å². The number of hydrogen-bond acceptors (Lipinski definition) is 4. The summed E-state index contributed by atoms with van der Waals surface area (Å²) in [4.78, 5) is 13.1. The number of carbonyl (C=O) groups is 1. The third-order valence-electron chi connectivity index (χ3n) is 3.50. The van der Waals surface area contributed by atoms with E-state index in [0.29, 0.717) is 12.3 Å². The van der Waals surface area contributed by atoms with Gasteiger partial charge in [-0.15, -0.1) is 0 Å². The molecular formula is C15H19NO4S. The van der Waals surface area contributed by atoms with E-state index in [-0.39, 0.29) is 4.90 Å². The molecule has 0 unspecified atom stereocenters. The molecule has 0 bridgehead atoms. The molecular weight excluding hydrogens is 290 g/mol. The Kier molecular flexibility index (Phi) is 4.67. The SMILES string of the molecule is COc1cc(S(C)(=O)=O)ccc1C1=CCCCCN1C=O. The summed E-state index contributed by atoms with van der Waals surface area (Å²) in [6.07, 6.45) is 6.82. The van der Waals surface area contributed by atoms with E-state index in [1.165, 1.54) is 13.2 Å². The number of ether oxygens (including phenoxy) is 1. The van der Waals surface area contributed by atoms with Gasteiger partial charge in [0.05, 0.1) is 17.7 Å². The summed E-state index contributed by atoms with van der Waals surface area (Å²) in [6.45, 7) is 0.659. The number of rotatable bonds is 4. The van der Waals surface area contributed by atoms with Crippen molar-refractivity contribution in [2.45, 2.75) is 24.2 Å². The summed E-state index contributed by atoms with van der Waals surface area (Å²) in [7, 11) is -1.80. The van der Waals surface area contributed by atoms with Crippen molar-refractivity contribution in [2.75, 3.05) is 19.9 Å². The first-order valence-electron chi connectivity index (χ1n) is 6.78. The average molecular weight is 309 g/mol. The predicted octanol–water partition coefficient (Wildman–Crippen LogP) is 2.08. The van der Waals surface area contributed by atoms with E-state index < -0.39 is 9.84 Å². The van der Waals surface area contributed by atoms with Crippen LogP contribution in [0.4, 0.5) is 0 Å². The van der Waals surface area contributed by atoms with Crippen molar-refractivity contribution >= 4 is 21.9 Å². The number of amides is 1. The molecule has 114 valence electrons. The molecule has 1 heterocycles. The lowest BCUT2D eigenvalue weighted by molar-refractivity contribution is -0.115. The molecule has 1 amide bonds. The molecule has 5 nitrogen and oxygen atoms in total. The van der Waals surface area contributed by atoms with E-state index in [2.05, 4.69) is 0 Å². The fourth-order valence-electron chi connectivity index (χ4n) is 2.39. The lowest BCUT2D eigenvalue weighted by Gasteiger charge is -2.21. The lowest BCUT2D eigenvalue weighted by Crippen LogP contribution is -2.20. The summed E-state index contributed by atoms with van der Waals surface area (Å²) in [6, 6.07) is 4.74. The smallest absolute Gasteiger partial charge is 0.214 e. The number of benzene rings is 1. The fraction of sp³-hybridized carbons (Fsp3) is 0.400. The summed E-state index contributed by atoms with van der Waals surface area (Å²) in [5, 5.41) is 0. The van der Waals surface area contributed by atoms with Gasteiger partial charge in [0.15, 0.2) is 9.84 Å². The van der Waals surface area contributed by atoms with E-state index >= 15 is 0 Å². The lowest BCUT2D eigenvalue weighted by atomic mass is 10.1. The monoisotopic (exact) mass is 309 g/mol. The van der Waals surface area contributed by atoms with Crippen molar-refractivity contribution in [3.8, 4) is 5.75 Å². The van der Waals surface area contributed by atoms with Gasteiger partial charge in [-0.1, -0.05) is 6.08 Å². The van der Waals surface area contributed by atoms with E-state index in [9.17, 15) is 13.2 Å². The number of carbonyl (C=O) groups excluding carboxylic acids is 1. The molecule has 0 fully saturated rings. The van der Waals surface area contributed by atoms with Crippen LogP contribution in [0.3, 0.4) is 0 Å². The normalized spacial score (nSPS) is 16.1. The topological polar surface area (TPSA) is 63.7 Å². The molecule has 1 aliphatic rings. The molecule has 0 N–H and O–H groups in total. The van der Waals surface area contributed by atoms with Gasteiger partial charge >= 0.3 is 0 Å². The first-order chi connectivity index (χ1) is 9.97. The molecule has 0 atom stereocenters. The Morgan fingerprint density at radius 2 is 2.05 bits per heavy atom. The zero-order chi connectivity index (χ0) is 15.5. The minimum Gasteiger partial charge on any atom is -0.496 e. The van der Waals surface area contributed by atoms with Gasteiger partial charge in [-0.25, -0.2) is 8.42 Å². The number of methoxy groups -OCH3 is 1. The highest BCUT2D eigenvalue weighted by molar-refractivity contribution is 7.90. The van der Waals surface area contributed by atoms with Crippen molar-refractivity contribution in [3.05, 3.63) is 29.8 Å². The van der Waals surface area contributed by atoms with Crippen molar-refractivity contribution in [2.24, 2.45) is 0 Å². The van der Waals surface area contributed by atoms with Gasteiger partial charge in [-0.05, 0) is 37.5 Å². The summed E-state index contributed by atoms with van der Waals surface area (Å²) in [5.41, 5.74) is 1.51. The van der Waals surface area contributed by atoms with Crippen LogP contribution in [0.2, 0.25) is 0 Å². The molecule has 0 spiro atoms. The van der Waals surface area contributed by atoms with Crippen LogP contribution in [0.25, 0.3) is 5.70 Å². The van der Waals surface area contributed by atoms with Gasteiger partial charge in [-0.2, -0.15) is 0 Å². The molecule has 0 saturated heterocycles. The summed E-state index contributed by atoms with van der Waals surface area (Å²) in [5.74, 6) is 0.456. The molecule has 0 radical (unpaired) electrons. The average Bonchev–Trinajstić information content (AvgIpc) is 2.70. The minimum absolute atomic E-state index is 0.204. The van der Waals surface area contributed by atoms with Crippen LogP contribution < -0.4 is 4.74 Å². The van der Waals surface area contributed by atoms with Crippen molar-refractivity contribution < 1.29 is 17.9 Å². The number of sulfone groups is 1. The molecule has 0 aromatic heterocycles. The molecule has 1 aliphatic heterocycles. The largest absolute Gasteiger partial charge is 0.496 e. The van der Waals surface area contributed by atoms with Crippen molar-refractivity contribution in [3.63, 3.8) is 0 Å². The maximum Gasteiger partial charge on any atom is 0.214 e. The molecule has 2 rings (SSSR count). The fourth-order valence-corrected chi connectivity index (χ4v) is 3.03. The third kappa shape index (κ3) is 3.44. The van der Waals surface area contributed by atoms with Gasteiger partial charge in [0, 0.05) is 18.4 Å². The zero-order valence-corrected chi connectivity index (χ0v) is 13.0. The van der Waals surface area contributed by atoms with Gasteiger partial charge in [0.1, 0.15) is 5.75 Å². The Bertz CT molecular complexity index is 664. The molecule has 0 aliphatic carbocycles. The standard InChI is InChI=1S/C15H19NO4S/c1-20-15-10-12(21(2,18)19)7-8-13(15)14-6-4-3-5-9-16(14)11-17/h6-8,10-11H,3-5,9H2,1-2H3. The minimum atomic E-state index is -3.29. The number of allylic oxidation sites excluding steroid dienone is 1. The molecule has 1 aromatic carbocycles. The molecule has 21 heavy (non-hydrogen) atoms. The first kappa shape index (κ1) is 15.6. The first-order valence-corrected chi connectivity index (χ1v) is 8.67. The Balaban J connectivity index is 2.52. The van der Waals surface area contributed by atoms with E-state index in [0.717, 1.165) is 43.2 Å². The summed E-state index contributed by atoms with van der Waals surface area (Å²) >= 11 is 0. The van der Waals surface area contributed by atoms with E-state index in [1.807, 2.05) is 6.08 Å².